The van der Waals surface area contributed by atoms with Crippen LogP contribution in [0.5, 0.6) is 0 Å². The van der Waals surface area contributed by atoms with Crippen LogP contribution in [0.1, 0.15) is 39.0 Å². The molecule has 1 aliphatic carbocycles. The van der Waals surface area contributed by atoms with Crippen LogP contribution in [0.3, 0.4) is 0 Å². The maximum absolute atomic E-state index is 5.77. The van der Waals surface area contributed by atoms with Crippen LogP contribution in [0, 0.1) is 0 Å². The molecule has 0 aliphatic heterocycles. The monoisotopic (exact) mass is 220 g/mol. The van der Waals surface area contributed by atoms with Crippen molar-refractivity contribution in [3.63, 3.8) is 0 Å². The molecule has 0 bridgehead atoms. The fourth-order valence-electron chi connectivity index (χ4n) is 1.82. The van der Waals surface area contributed by atoms with Crippen LogP contribution in [-0.4, -0.2) is 17.5 Å². The Morgan fingerprint density at radius 2 is 1.91 bits per heavy atom. The van der Waals surface area contributed by atoms with E-state index in [-0.39, 0.29) is 5.60 Å². The van der Waals surface area contributed by atoms with E-state index in [9.17, 15) is 0 Å². The number of alkyl halides is 1. The summed E-state index contributed by atoms with van der Waals surface area (Å²) in [4.78, 5) is 0. The fourth-order valence-corrected chi connectivity index (χ4v) is 2.54. The lowest BCUT2D eigenvalue weighted by Crippen LogP contribution is -2.36. The van der Waals surface area contributed by atoms with Crippen molar-refractivity contribution in [3.05, 3.63) is 0 Å². The minimum atomic E-state index is 0.188. The van der Waals surface area contributed by atoms with Gasteiger partial charge in [0.2, 0.25) is 0 Å². The SMILES string of the molecule is CCOC1(CBr)CCCCC1. The van der Waals surface area contributed by atoms with E-state index < -0.39 is 0 Å². The number of halogens is 1. The minimum Gasteiger partial charge on any atom is -0.374 e. The van der Waals surface area contributed by atoms with E-state index in [2.05, 4.69) is 22.9 Å². The molecule has 1 rings (SSSR count). The molecule has 2 heteroatoms. The summed E-state index contributed by atoms with van der Waals surface area (Å²) < 4.78 is 5.77. The Hall–Kier alpha value is 0.440. The maximum atomic E-state index is 5.77. The van der Waals surface area contributed by atoms with E-state index >= 15 is 0 Å². The summed E-state index contributed by atoms with van der Waals surface area (Å²) in [5.41, 5.74) is 0.188. The van der Waals surface area contributed by atoms with Gasteiger partial charge < -0.3 is 4.74 Å². The van der Waals surface area contributed by atoms with Gasteiger partial charge in [-0.15, -0.1) is 0 Å². The highest BCUT2D eigenvalue weighted by Gasteiger charge is 2.30. The average molecular weight is 221 g/mol. The number of ether oxygens (including phenoxy) is 1. The Kier molecular flexibility index (Phi) is 3.86. The predicted molar refractivity (Wildman–Crippen MR) is 51.2 cm³/mol. The van der Waals surface area contributed by atoms with Gasteiger partial charge in [0, 0.05) is 11.9 Å². The van der Waals surface area contributed by atoms with Crippen LogP contribution in [0.2, 0.25) is 0 Å². The lowest BCUT2D eigenvalue weighted by molar-refractivity contribution is -0.0452. The zero-order chi connectivity index (χ0) is 8.16. The van der Waals surface area contributed by atoms with Gasteiger partial charge in [-0.2, -0.15) is 0 Å². The molecule has 11 heavy (non-hydrogen) atoms. The second kappa shape index (κ2) is 4.46. The topological polar surface area (TPSA) is 9.23 Å². The normalized spacial score (nSPS) is 23.5. The number of hydrogen-bond acceptors (Lipinski definition) is 1. The van der Waals surface area contributed by atoms with Crippen LogP contribution in [-0.2, 0) is 4.74 Å². The summed E-state index contributed by atoms with van der Waals surface area (Å²) >= 11 is 3.54. The molecule has 0 heterocycles. The third-order valence-corrected chi connectivity index (χ3v) is 3.48. The third kappa shape index (κ3) is 2.45. The zero-order valence-electron chi connectivity index (χ0n) is 7.24. The zero-order valence-corrected chi connectivity index (χ0v) is 8.82. The van der Waals surface area contributed by atoms with Crippen LogP contribution in [0.15, 0.2) is 0 Å². The minimum absolute atomic E-state index is 0.188. The quantitative estimate of drug-likeness (QED) is 0.665. The Morgan fingerprint density at radius 3 is 2.36 bits per heavy atom. The molecular formula is C9H17BrO. The Balaban J connectivity index is 2.42. The molecule has 0 N–H and O–H groups in total. The van der Waals surface area contributed by atoms with E-state index in [4.69, 9.17) is 4.74 Å². The molecule has 0 radical (unpaired) electrons. The molecule has 1 fully saturated rings. The third-order valence-electron chi connectivity index (χ3n) is 2.46. The first kappa shape index (κ1) is 9.53. The number of hydrogen-bond donors (Lipinski definition) is 0. The van der Waals surface area contributed by atoms with Gasteiger partial charge in [0.15, 0.2) is 0 Å². The molecule has 0 aromatic carbocycles. The molecular weight excluding hydrogens is 204 g/mol. The Morgan fingerprint density at radius 1 is 1.27 bits per heavy atom. The van der Waals surface area contributed by atoms with Crippen LogP contribution in [0.4, 0.5) is 0 Å². The van der Waals surface area contributed by atoms with E-state index in [0.717, 1.165) is 11.9 Å². The standard InChI is InChI=1S/C9H17BrO/c1-2-11-9(8-10)6-4-3-5-7-9/h2-8H2,1H3. The fraction of sp³-hybridized carbons (Fsp3) is 1.00. The Labute approximate surface area is 77.6 Å². The van der Waals surface area contributed by atoms with Crippen molar-refractivity contribution in [2.24, 2.45) is 0 Å². The first-order valence-corrected chi connectivity index (χ1v) is 5.65. The van der Waals surface area contributed by atoms with Gasteiger partial charge in [0.05, 0.1) is 5.60 Å². The summed E-state index contributed by atoms with van der Waals surface area (Å²) in [5.74, 6) is 0. The van der Waals surface area contributed by atoms with E-state index in [1.807, 2.05) is 0 Å². The molecule has 66 valence electrons. The molecule has 0 aromatic rings. The highest BCUT2D eigenvalue weighted by Crippen LogP contribution is 2.32. The number of rotatable bonds is 3. The summed E-state index contributed by atoms with van der Waals surface area (Å²) in [5, 5.41) is 1.01. The molecule has 1 aliphatic rings. The lowest BCUT2D eigenvalue weighted by atomic mass is 9.86. The second-order valence-corrected chi connectivity index (χ2v) is 3.87. The van der Waals surface area contributed by atoms with Gasteiger partial charge in [-0.25, -0.2) is 0 Å². The molecule has 0 saturated heterocycles. The summed E-state index contributed by atoms with van der Waals surface area (Å²) in [6.45, 7) is 2.94. The van der Waals surface area contributed by atoms with Gasteiger partial charge in [-0.3, -0.25) is 0 Å². The van der Waals surface area contributed by atoms with Crippen LogP contribution >= 0.6 is 15.9 Å². The van der Waals surface area contributed by atoms with E-state index in [1.165, 1.54) is 32.1 Å². The molecule has 0 amide bonds. The van der Waals surface area contributed by atoms with Crippen molar-refractivity contribution in [2.75, 3.05) is 11.9 Å². The summed E-state index contributed by atoms with van der Waals surface area (Å²) in [6, 6.07) is 0. The van der Waals surface area contributed by atoms with Crippen molar-refractivity contribution in [1.29, 1.82) is 0 Å². The van der Waals surface area contributed by atoms with E-state index in [0.29, 0.717) is 0 Å². The summed E-state index contributed by atoms with van der Waals surface area (Å²) in [6.07, 6.45) is 6.55. The average Bonchev–Trinajstić information content (AvgIpc) is 2.07. The first-order valence-electron chi connectivity index (χ1n) is 4.53. The van der Waals surface area contributed by atoms with Gasteiger partial charge in [0.25, 0.3) is 0 Å². The van der Waals surface area contributed by atoms with Crippen LogP contribution in [0.25, 0.3) is 0 Å². The van der Waals surface area contributed by atoms with Gasteiger partial charge in [-0.1, -0.05) is 35.2 Å². The predicted octanol–water partition coefficient (Wildman–Crippen LogP) is 3.12. The highest BCUT2D eigenvalue weighted by molar-refractivity contribution is 9.09. The first-order chi connectivity index (χ1) is 5.33. The van der Waals surface area contributed by atoms with Crippen molar-refractivity contribution in [1.82, 2.24) is 0 Å². The molecule has 0 unspecified atom stereocenters. The van der Waals surface area contributed by atoms with Crippen LogP contribution < -0.4 is 0 Å². The lowest BCUT2D eigenvalue weighted by Gasteiger charge is -2.35. The molecule has 0 atom stereocenters. The van der Waals surface area contributed by atoms with Gasteiger partial charge in [0.1, 0.15) is 0 Å². The molecule has 1 saturated carbocycles. The molecule has 0 aromatic heterocycles. The molecule has 1 nitrogen and oxygen atoms in total. The van der Waals surface area contributed by atoms with Crippen molar-refractivity contribution in [2.45, 2.75) is 44.6 Å². The van der Waals surface area contributed by atoms with Gasteiger partial charge in [-0.05, 0) is 19.8 Å². The highest BCUT2D eigenvalue weighted by atomic mass is 79.9. The van der Waals surface area contributed by atoms with Gasteiger partial charge >= 0.3 is 0 Å². The van der Waals surface area contributed by atoms with Crippen molar-refractivity contribution >= 4 is 15.9 Å². The van der Waals surface area contributed by atoms with Crippen molar-refractivity contribution < 1.29 is 4.74 Å². The largest absolute Gasteiger partial charge is 0.374 e. The Bertz CT molecular complexity index is 103. The van der Waals surface area contributed by atoms with Crippen molar-refractivity contribution in [3.8, 4) is 0 Å². The molecule has 0 spiro atoms. The summed E-state index contributed by atoms with van der Waals surface area (Å²) in [7, 11) is 0. The smallest absolute Gasteiger partial charge is 0.0778 e. The second-order valence-electron chi connectivity index (χ2n) is 3.31. The van der Waals surface area contributed by atoms with E-state index in [1.54, 1.807) is 0 Å². The maximum Gasteiger partial charge on any atom is 0.0778 e.